The van der Waals surface area contributed by atoms with Gasteiger partial charge < -0.3 is 15.5 Å². The summed E-state index contributed by atoms with van der Waals surface area (Å²) in [5.74, 6) is -0.292. The Morgan fingerprint density at radius 1 is 1.45 bits per heavy atom. The molecule has 0 saturated carbocycles. The SMILES string of the molecule is NC(=O)N(CC1CO1)C(=O)CCc1c[nH]c2c(Cl)cccc12. The van der Waals surface area contributed by atoms with Gasteiger partial charge in [-0.15, -0.1) is 0 Å². The number of ether oxygens (including phenoxy) is 1. The number of primary amides is 1. The van der Waals surface area contributed by atoms with Gasteiger partial charge in [-0.25, -0.2) is 4.79 Å². The number of nitrogens with one attached hydrogen (secondary N) is 1. The molecular formula is C15H16ClN3O3. The predicted octanol–water partition coefficient (Wildman–Crippen LogP) is 2.06. The molecule has 3 amide bonds. The van der Waals surface area contributed by atoms with Crippen molar-refractivity contribution in [2.75, 3.05) is 13.2 Å². The Morgan fingerprint density at radius 2 is 2.23 bits per heavy atom. The largest absolute Gasteiger partial charge is 0.371 e. The Labute approximate surface area is 132 Å². The molecule has 0 aliphatic carbocycles. The zero-order valence-corrected chi connectivity index (χ0v) is 12.6. The number of imide groups is 1. The van der Waals surface area contributed by atoms with Gasteiger partial charge in [0.25, 0.3) is 0 Å². The summed E-state index contributed by atoms with van der Waals surface area (Å²) < 4.78 is 5.04. The normalized spacial score (nSPS) is 16.7. The smallest absolute Gasteiger partial charge is 0.321 e. The minimum Gasteiger partial charge on any atom is -0.371 e. The van der Waals surface area contributed by atoms with Gasteiger partial charge in [0, 0.05) is 18.0 Å². The van der Waals surface area contributed by atoms with Crippen molar-refractivity contribution < 1.29 is 14.3 Å². The summed E-state index contributed by atoms with van der Waals surface area (Å²) in [4.78, 5) is 27.7. The van der Waals surface area contributed by atoms with Gasteiger partial charge in [0.2, 0.25) is 5.91 Å². The molecule has 2 heterocycles. The van der Waals surface area contributed by atoms with Crippen LogP contribution in [0, 0.1) is 0 Å². The van der Waals surface area contributed by atoms with Crippen LogP contribution in [0.1, 0.15) is 12.0 Å². The van der Waals surface area contributed by atoms with E-state index in [2.05, 4.69) is 4.98 Å². The summed E-state index contributed by atoms with van der Waals surface area (Å²) in [5.41, 5.74) is 7.10. The fourth-order valence-corrected chi connectivity index (χ4v) is 2.68. The molecule has 1 aromatic heterocycles. The number of epoxide rings is 1. The summed E-state index contributed by atoms with van der Waals surface area (Å²) in [6.07, 6.45) is 2.48. The molecule has 1 atom stereocenters. The first-order chi connectivity index (χ1) is 10.6. The predicted molar refractivity (Wildman–Crippen MR) is 82.7 cm³/mol. The van der Waals surface area contributed by atoms with Gasteiger partial charge in [0.15, 0.2) is 0 Å². The maximum absolute atomic E-state index is 12.2. The van der Waals surface area contributed by atoms with Crippen molar-refractivity contribution in [2.45, 2.75) is 18.9 Å². The monoisotopic (exact) mass is 321 g/mol. The summed E-state index contributed by atoms with van der Waals surface area (Å²) in [6, 6.07) is 4.88. The number of halogens is 1. The number of fused-ring (bicyclic) bond motifs is 1. The molecule has 1 aromatic carbocycles. The van der Waals surface area contributed by atoms with E-state index in [1.807, 2.05) is 18.3 Å². The number of amides is 3. The van der Waals surface area contributed by atoms with Crippen molar-refractivity contribution in [3.8, 4) is 0 Å². The average molecular weight is 322 g/mol. The third-order valence-electron chi connectivity index (χ3n) is 3.71. The number of para-hydroxylation sites is 1. The number of benzene rings is 1. The number of carbonyl (C=O) groups is 2. The van der Waals surface area contributed by atoms with Gasteiger partial charge in [-0.05, 0) is 18.1 Å². The second kappa shape index (κ2) is 5.98. The number of hydrogen-bond donors (Lipinski definition) is 2. The summed E-state index contributed by atoms with van der Waals surface area (Å²) in [7, 11) is 0. The molecule has 2 aromatic rings. The lowest BCUT2D eigenvalue weighted by molar-refractivity contribution is -0.128. The van der Waals surface area contributed by atoms with Gasteiger partial charge in [0.1, 0.15) is 0 Å². The first-order valence-corrected chi connectivity index (χ1v) is 7.40. The molecule has 0 radical (unpaired) electrons. The molecule has 1 fully saturated rings. The fraction of sp³-hybridized carbons (Fsp3) is 0.333. The van der Waals surface area contributed by atoms with E-state index in [0.717, 1.165) is 21.4 Å². The number of rotatable bonds is 5. The standard InChI is InChI=1S/C15H16ClN3O3/c16-12-3-1-2-11-9(6-18-14(11)12)4-5-13(20)19(15(17)21)7-10-8-22-10/h1-3,6,10,18H,4-5,7-8H2,(H2,17,21). The van der Waals surface area contributed by atoms with Crippen molar-refractivity contribution in [1.29, 1.82) is 0 Å². The number of aromatic nitrogens is 1. The Hall–Kier alpha value is -2.05. The zero-order chi connectivity index (χ0) is 15.7. The molecule has 0 spiro atoms. The molecule has 7 heteroatoms. The quantitative estimate of drug-likeness (QED) is 0.826. The lowest BCUT2D eigenvalue weighted by atomic mass is 10.1. The number of nitrogens with zero attached hydrogens (tertiary/aromatic N) is 1. The van der Waals surface area contributed by atoms with E-state index in [9.17, 15) is 9.59 Å². The van der Waals surface area contributed by atoms with Crippen LogP contribution in [0.2, 0.25) is 5.02 Å². The van der Waals surface area contributed by atoms with Crippen molar-refractivity contribution in [1.82, 2.24) is 9.88 Å². The number of H-pyrrole nitrogens is 1. The fourth-order valence-electron chi connectivity index (χ4n) is 2.45. The average Bonchev–Trinajstić information content (AvgIpc) is 3.21. The molecule has 22 heavy (non-hydrogen) atoms. The molecule has 1 saturated heterocycles. The zero-order valence-electron chi connectivity index (χ0n) is 11.8. The minimum absolute atomic E-state index is 0.0663. The van der Waals surface area contributed by atoms with Crippen LogP contribution in [0.5, 0.6) is 0 Å². The highest BCUT2D eigenvalue weighted by Gasteiger charge is 2.30. The highest BCUT2D eigenvalue weighted by atomic mass is 35.5. The van der Waals surface area contributed by atoms with Gasteiger partial charge in [-0.1, -0.05) is 23.7 Å². The molecule has 0 bridgehead atoms. The lowest BCUT2D eigenvalue weighted by Crippen LogP contribution is -2.43. The van der Waals surface area contributed by atoms with Crippen LogP contribution < -0.4 is 5.73 Å². The van der Waals surface area contributed by atoms with E-state index in [1.54, 1.807) is 6.07 Å². The van der Waals surface area contributed by atoms with Crippen LogP contribution in [0.25, 0.3) is 10.9 Å². The molecule has 116 valence electrons. The van der Waals surface area contributed by atoms with E-state index in [4.69, 9.17) is 22.1 Å². The molecule has 1 aliphatic rings. The Morgan fingerprint density at radius 3 is 2.91 bits per heavy atom. The van der Waals surface area contributed by atoms with Crippen molar-refractivity contribution in [3.63, 3.8) is 0 Å². The first kappa shape index (κ1) is 14.9. The molecule has 6 nitrogen and oxygen atoms in total. The van der Waals surface area contributed by atoms with Crippen LogP contribution >= 0.6 is 11.6 Å². The van der Waals surface area contributed by atoms with E-state index in [1.165, 1.54) is 0 Å². The Balaban J connectivity index is 1.68. The number of aryl methyl sites for hydroxylation is 1. The molecule has 1 unspecified atom stereocenters. The number of nitrogens with two attached hydrogens (primary N) is 1. The lowest BCUT2D eigenvalue weighted by Gasteiger charge is -2.17. The molecule has 1 aliphatic heterocycles. The van der Waals surface area contributed by atoms with Crippen LogP contribution in [-0.4, -0.2) is 41.1 Å². The van der Waals surface area contributed by atoms with Gasteiger partial charge >= 0.3 is 6.03 Å². The van der Waals surface area contributed by atoms with Gasteiger partial charge in [0.05, 0.1) is 29.8 Å². The topological polar surface area (TPSA) is 91.7 Å². The van der Waals surface area contributed by atoms with E-state index < -0.39 is 6.03 Å². The maximum Gasteiger partial charge on any atom is 0.321 e. The third kappa shape index (κ3) is 3.08. The molecule has 3 N–H and O–H groups in total. The van der Waals surface area contributed by atoms with Crippen molar-refractivity contribution >= 4 is 34.4 Å². The second-order valence-electron chi connectivity index (χ2n) is 5.27. The summed E-state index contributed by atoms with van der Waals surface area (Å²) in [6.45, 7) is 0.798. The second-order valence-corrected chi connectivity index (χ2v) is 5.68. The first-order valence-electron chi connectivity index (χ1n) is 7.02. The highest BCUT2D eigenvalue weighted by Crippen LogP contribution is 2.26. The summed E-state index contributed by atoms with van der Waals surface area (Å²) in [5, 5.41) is 1.62. The molecule has 3 rings (SSSR count). The van der Waals surface area contributed by atoms with Crippen molar-refractivity contribution in [3.05, 3.63) is 35.0 Å². The third-order valence-corrected chi connectivity index (χ3v) is 4.03. The highest BCUT2D eigenvalue weighted by molar-refractivity contribution is 6.35. The van der Waals surface area contributed by atoms with Crippen LogP contribution in [-0.2, 0) is 16.0 Å². The van der Waals surface area contributed by atoms with E-state index in [0.29, 0.717) is 18.1 Å². The van der Waals surface area contributed by atoms with E-state index in [-0.39, 0.29) is 25.0 Å². The maximum atomic E-state index is 12.2. The van der Waals surface area contributed by atoms with Crippen LogP contribution in [0.4, 0.5) is 4.79 Å². The van der Waals surface area contributed by atoms with Gasteiger partial charge in [-0.2, -0.15) is 0 Å². The Bertz CT molecular complexity index is 724. The number of aromatic amines is 1. The molecular weight excluding hydrogens is 306 g/mol. The van der Waals surface area contributed by atoms with Crippen LogP contribution in [0.15, 0.2) is 24.4 Å². The van der Waals surface area contributed by atoms with Crippen LogP contribution in [0.3, 0.4) is 0 Å². The number of carbonyl (C=O) groups excluding carboxylic acids is 2. The number of urea groups is 1. The number of hydrogen-bond acceptors (Lipinski definition) is 3. The van der Waals surface area contributed by atoms with E-state index >= 15 is 0 Å². The summed E-state index contributed by atoms with van der Waals surface area (Å²) >= 11 is 6.11. The Kier molecular flexibility index (Phi) is 4.04. The van der Waals surface area contributed by atoms with Gasteiger partial charge in [-0.3, -0.25) is 9.69 Å². The minimum atomic E-state index is -0.734. The van der Waals surface area contributed by atoms with Crippen molar-refractivity contribution in [2.24, 2.45) is 5.73 Å².